The van der Waals surface area contributed by atoms with Crippen LogP contribution in [0.15, 0.2) is 83.9 Å². The number of benzene rings is 3. The summed E-state index contributed by atoms with van der Waals surface area (Å²) in [5.41, 5.74) is 6.14. The average Bonchev–Trinajstić information content (AvgIpc) is 3.24. The fraction of sp³-hybridized carbons (Fsp3) is 0.111. The van der Waals surface area contributed by atoms with E-state index in [9.17, 15) is 9.59 Å². The van der Waals surface area contributed by atoms with Crippen LogP contribution in [-0.2, 0) is 11.3 Å². The number of hydrogen-bond donors (Lipinski definition) is 1. The van der Waals surface area contributed by atoms with Gasteiger partial charge in [-0.05, 0) is 55.8 Å². The minimum absolute atomic E-state index is 0.112. The fourth-order valence-electron chi connectivity index (χ4n) is 3.63. The van der Waals surface area contributed by atoms with Gasteiger partial charge in [-0.2, -0.15) is 0 Å². The summed E-state index contributed by atoms with van der Waals surface area (Å²) in [5.74, 6) is -0.296. The predicted molar refractivity (Wildman–Crippen MR) is 137 cm³/mol. The molecule has 0 radical (unpaired) electrons. The molecule has 1 amide bonds. The monoisotopic (exact) mass is 466 g/mol. The Hall–Kier alpha value is -4.10. The number of nitrogens with one attached hydrogen (secondary N) is 1. The highest BCUT2D eigenvalue weighted by Gasteiger charge is 2.10. The van der Waals surface area contributed by atoms with E-state index in [0.29, 0.717) is 11.4 Å². The SMILES string of the molecule is Cc1ccc(-c2cc(=O)n(CC(=O)Nc3ccc(-c4nc5ccc(C)cc5s4)cc3)cn2)cc1. The summed E-state index contributed by atoms with van der Waals surface area (Å²) in [7, 11) is 0. The van der Waals surface area contributed by atoms with Crippen LogP contribution in [0.1, 0.15) is 11.1 Å². The lowest BCUT2D eigenvalue weighted by molar-refractivity contribution is -0.116. The second-order valence-electron chi connectivity index (χ2n) is 8.22. The van der Waals surface area contributed by atoms with E-state index in [2.05, 4.69) is 29.4 Å². The first-order chi connectivity index (χ1) is 16.4. The molecule has 7 heteroatoms. The van der Waals surface area contributed by atoms with Gasteiger partial charge in [-0.25, -0.2) is 9.97 Å². The number of hydrogen-bond acceptors (Lipinski definition) is 5. The van der Waals surface area contributed by atoms with Crippen LogP contribution >= 0.6 is 11.3 Å². The number of aromatic nitrogens is 3. The first-order valence-corrected chi connectivity index (χ1v) is 11.7. The Morgan fingerprint density at radius 1 is 0.912 bits per heavy atom. The van der Waals surface area contributed by atoms with Crippen molar-refractivity contribution in [1.29, 1.82) is 0 Å². The Morgan fingerprint density at radius 2 is 1.62 bits per heavy atom. The molecule has 1 N–H and O–H groups in total. The van der Waals surface area contributed by atoms with Gasteiger partial charge in [0.2, 0.25) is 5.91 Å². The zero-order valence-corrected chi connectivity index (χ0v) is 19.6. The third kappa shape index (κ3) is 4.65. The highest BCUT2D eigenvalue weighted by Crippen LogP contribution is 2.31. The molecule has 0 aliphatic heterocycles. The van der Waals surface area contributed by atoms with Gasteiger partial charge in [-0.1, -0.05) is 35.9 Å². The van der Waals surface area contributed by atoms with E-state index in [4.69, 9.17) is 4.98 Å². The number of anilines is 1. The van der Waals surface area contributed by atoms with E-state index in [1.807, 2.05) is 61.5 Å². The third-order valence-corrected chi connectivity index (χ3v) is 6.57. The Kier molecular flexibility index (Phi) is 5.77. The molecule has 0 atom stereocenters. The van der Waals surface area contributed by atoms with E-state index < -0.39 is 0 Å². The minimum atomic E-state index is -0.296. The molecule has 0 fully saturated rings. The largest absolute Gasteiger partial charge is 0.325 e. The fourth-order valence-corrected chi connectivity index (χ4v) is 4.70. The number of thiazole rings is 1. The van der Waals surface area contributed by atoms with Crippen LogP contribution in [0.25, 0.3) is 32.0 Å². The summed E-state index contributed by atoms with van der Waals surface area (Å²) >= 11 is 1.64. The lowest BCUT2D eigenvalue weighted by Gasteiger charge is -2.08. The van der Waals surface area contributed by atoms with Crippen molar-refractivity contribution in [3.05, 3.63) is 101 Å². The Morgan fingerprint density at radius 3 is 2.35 bits per heavy atom. The average molecular weight is 467 g/mol. The van der Waals surface area contributed by atoms with Crippen molar-refractivity contribution in [3.63, 3.8) is 0 Å². The molecule has 0 saturated heterocycles. The molecule has 0 unspecified atom stereocenters. The maximum atomic E-state index is 12.5. The maximum Gasteiger partial charge on any atom is 0.254 e. The van der Waals surface area contributed by atoms with Gasteiger partial charge in [0.15, 0.2) is 0 Å². The second kappa shape index (κ2) is 9.03. The van der Waals surface area contributed by atoms with Crippen molar-refractivity contribution in [2.45, 2.75) is 20.4 Å². The molecule has 0 spiro atoms. The van der Waals surface area contributed by atoms with Gasteiger partial charge in [0.05, 0.1) is 22.2 Å². The number of rotatable bonds is 5. The molecular weight excluding hydrogens is 444 g/mol. The Labute approximate surface area is 200 Å². The van der Waals surface area contributed by atoms with E-state index in [-0.39, 0.29) is 18.0 Å². The van der Waals surface area contributed by atoms with Crippen LogP contribution in [0.5, 0.6) is 0 Å². The number of aryl methyl sites for hydroxylation is 2. The van der Waals surface area contributed by atoms with Gasteiger partial charge in [0, 0.05) is 22.9 Å². The highest BCUT2D eigenvalue weighted by atomic mass is 32.1. The maximum absolute atomic E-state index is 12.5. The lowest BCUT2D eigenvalue weighted by Crippen LogP contribution is -2.27. The van der Waals surface area contributed by atoms with Gasteiger partial charge in [-0.3, -0.25) is 14.2 Å². The zero-order chi connectivity index (χ0) is 23.7. The van der Waals surface area contributed by atoms with Crippen molar-refractivity contribution in [3.8, 4) is 21.8 Å². The van der Waals surface area contributed by atoms with Gasteiger partial charge in [0.1, 0.15) is 11.6 Å². The molecule has 168 valence electrons. The molecule has 2 heterocycles. The van der Waals surface area contributed by atoms with Gasteiger partial charge >= 0.3 is 0 Å². The molecule has 34 heavy (non-hydrogen) atoms. The molecule has 0 aliphatic rings. The van der Waals surface area contributed by atoms with Crippen LogP contribution in [0.2, 0.25) is 0 Å². The van der Waals surface area contributed by atoms with Gasteiger partial charge in [0.25, 0.3) is 5.56 Å². The van der Waals surface area contributed by atoms with Crippen LogP contribution in [0.3, 0.4) is 0 Å². The van der Waals surface area contributed by atoms with Crippen molar-refractivity contribution in [1.82, 2.24) is 14.5 Å². The number of carbonyl (C=O) groups excluding carboxylic acids is 1. The summed E-state index contributed by atoms with van der Waals surface area (Å²) in [6.45, 7) is 3.96. The summed E-state index contributed by atoms with van der Waals surface area (Å²) in [6.07, 6.45) is 1.41. The van der Waals surface area contributed by atoms with Crippen molar-refractivity contribution in [2.75, 3.05) is 5.32 Å². The molecule has 5 aromatic rings. The van der Waals surface area contributed by atoms with Crippen LogP contribution in [0.4, 0.5) is 5.69 Å². The standard InChI is InChI=1S/C27H22N4O2S/c1-17-3-6-19(7-4-17)23-14-26(33)31(16-28-23)15-25(32)29-21-10-8-20(9-11-21)27-30-22-12-5-18(2)13-24(22)34-27/h3-14,16H,15H2,1-2H3,(H,29,32). The lowest BCUT2D eigenvalue weighted by atomic mass is 10.1. The van der Waals surface area contributed by atoms with Crippen LogP contribution in [-0.4, -0.2) is 20.4 Å². The molecule has 6 nitrogen and oxygen atoms in total. The highest BCUT2D eigenvalue weighted by molar-refractivity contribution is 7.21. The quantitative estimate of drug-likeness (QED) is 0.374. The summed E-state index contributed by atoms with van der Waals surface area (Å²) in [6, 6.07) is 23.0. The zero-order valence-electron chi connectivity index (χ0n) is 18.8. The van der Waals surface area contributed by atoms with Crippen LogP contribution < -0.4 is 10.9 Å². The van der Waals surface area contributed by atoms with E-state index >= 15 is 0 Å². The Bertz CT molecular complexity index is 1550. The normalized spacial score (nSPS) is 11.0. The number of carbonyl (C=O) groups is 1. The van der Waals surface area contributed by atoms with E-state index in [1.165, 1.54) is 22.5 Å². The van der Waals surface area contributed by atoms with Gasteiger partial charge < -0.3 is 5.32 Å². The molecule has 3 aromatic carbocycles. The smallest absolute Gasteiger partial charge is 0.254 e. The minimum Gasteiger partial charge on any atom is -0.325 e. The summed E-state index contributed by atoms with van der Waals surface area (Å²) in [4.78, 5) is 34.1. The first-order valence-electron chi connectivity index (χ1n) is 10.9. The molecule has 2 aromatic heterocycles. The van der Waals surface area contributed by atoms with Gasteiger partial charge in [-0.15, -0.1) is 11.3 Å². The van der Waals surface area contributed by atoms with Crippen LogP contribution in [0, 0.1) is 13.8 Å². The number of fused-ring (bicyclic) bond motifs is 1. The predicted octanol–water partition coefficient (Wildman–Crippen LogP) is 5.44. The topological polar surface area (TPSA) is 76.9 Å². The summed E-state index contributed by atoms with van der Waals surface area (Å²) in [5, 5.41) is 3.77. The van der Waals surface area contributed by atoms with Crippen molar-refractivity contribution < 1.29 is 4.79 Å². The molecule has 0 saturated carbocycles. The molecule has 0 aliphatic carbocycles. The van der Waals surface area contributed by atoms with E-state index in [1.54, 1.807) is 11.3 Å². The summed E-state index contributed by atoms with van der Waals surface area (Å²) < 4.78 is 2.45. The van der Waals surface area contributed by atoms with Crippen molar-refractivity contribution in [2.24, 2.45) is 0 Å². The Balaban J connectivity index is 1.26. The van der Waals surface area contributed by atoms with Crippen molar-refractivity contribution >= 4 is 33.1 Å². The number of nitrogens with zero attached hydrogens (tertiary/aromatic N) is 3. The number of amides is 1. The second-order valence-corrected chi connectivity index (χ2v) is 9.25. The first kappa shape index (κ1) is 21.7. The van der Waals surface area contributed by atoms with E-state index in [0.717, 1.165) is 31.9 Å². The molecule has 5 rings (SSSR count). The molecular formula is C27H22N4O2S. The molecule has 0 bridgehead atoms. The third-order valence-electron chi connectivity index (χ3n) is 5.50.